The fraction of sp³-hybridized carbons (Fsp3) is 0.583. The monoisotopic (exact) mass is 252 g/mol. The maximum Gasteiger partial charge on any atom is 0.303 e. The minimum atomic E-state index is -0.820. The van der Waals surface area contributed by atoms with Gasteiger partial charge in [-0.05, 0) is 25.2 Å². The van der Waals surface area contributed by atoms with Gasteiger partial charge in [0.05, 0.1) is 12.6 Å². The largest absolute Gasteiger partial charge is 0.481 e. The first-order valence-corrected chi connectivity index (χ1v) is 5.94. The number of aromatic nitrogens is 1. The van der Waals surface area contributed by atoms with Crippen molar-refractivity contribution in [2.24, 2.45) is 5.41 Å². The minimum Gasteiger partial charge on any atom is -0.481 e. The van der Waals surface area contributed by atoms with Gasteiger partial charge in [-0.15, -0.1) is 0 Å². The molecule has 18 heavy (non-hydrogen) atoms. The van der Waals surface area contributed by atoms with Crippen LogP contribution in [0.3, 0.4) is 0 Å². The van der Waals surface area contributed by atoms with E-state index in [1.165, 1.54) is 6.20 Å². The van der Waals surface area contributed by atoms with Gasteiger partial charge < -0.3 is 14.9 Å². The summed E-state index contributed by atoms with van der Waals surface area (Å²) in [6, 6.07) is 0. The summed E-state index contributed by atoms with van der Waals surface area (Å²) in [6.07, 6.45) is 4.28. The summed E-state index contributed by atoms with van der Waals surface area (Å²) in [7, 11) is 0. The molecule has 6 nitrogen and oxygen atoms in total. The predicted octanol–water partition coefficient (Wildman–Crippen LogP) is 1.36. The van der Waals surface area contributed by atoms with Crippen LogP contribution in [0, 0.1) is 12.3 Å². The van der Waals surface area contributed by atoms with Crippen LogP contribution in [0.2, 0.25) is 0 Å². The number of nitrogens with one attached hydrogen (secondary N) is 1. The quantitative estimate of drug-likeness (QED) is 0.825. The minimum absolute atomic E-state index is 0.0999. The molecule has 1 heterocycles. The van der Waals surface area contributed by atoms with Crippen molar-refractivity contribution in [1.29, 1.82) is 0 Å². The number of carboxylic acids is 1. The highest BCUT2D eigenvalue weighted by atomic mass is 16.5. The number of hydrogen-bond acceptors (Lipinski definition) is 4. The molecule has 6 heteroatoms. The third-order valence-corrected chi connectivity index (χ3v) is 3.52. The Bertz CT molecular complexity index is 462. The summed E-state index contributed by atoms with van der Waals surface area (Å²) in [5.74, 6) is -0.957. The van der Waals surface area contributed by atoms with E-state index in [-0.39, 0.29) is 23.5 Å². The van der Waals surface area contributed by atoms with Gasteiger partial charge in [0.15, 0.2) is 0 Å². The molecule has 0 aromatic carbocycles. The Balaban J connectivity index is 1.93. The molecule has 0 radical (unpaired) electrons. The molecule has 0 bridgehead atoms. The molecule has 98 valence electrons. The fourth-order valence-electron chi connectivity index (χ4n) is 2.27. The van der Waals surface area contributed by atoms with E-state index < -0.39 is 5.97 Å². The van der Waals surface area contributed by atoms with Crippen LogP contribution in [0.25, 0.3) is 0 Å². The van der Waals surface area contributed by atoms with Gasteiger partial charge in [0, 0.05) is 12.1 Å². The third-order valence-electron chi connectivity index (χ3n) is 3.52. The summed E-state index contributed by atoms with van der Waals surface area (Å²) >= 11 is 0. The van der Waals surface area contributed by atoms with E-state index in [1.807, 2.05) is 0 Å². The van der Waals surface area contributed by atoms with E-state index in [0.29, 0.717) is 12.1 Å². The lowest BCUT2D eigenvalue weighted by atomic mass is 9.66. The molecule has 0 aliphatic heterocycles. The van der Waals surface area contributed by atoms with Gasteiger partial charge in [0.2, 0.25) is 5.76 Å². The zero-order chi connectivity index (χ0) is 13.2. The molecule has 2 rings (SSSR count). The first-order valence-electron chi connectivity index (χ1n) is 5.94. The number of aryl methyl sites for hydroxylation is 1. The Morgan fingerprint density at radius 3 is 2.72 bits per heavy atom. The SMILES string of the molecule is Cc1cnoc1C(=O)NCC1(CC(=O)O)CCC1. The average molecular weight is 252 g/mol. The molecule has 0 spiro atoms. The molecule has 1 aromatic rings. The number of amides is 1. The molecule has 1 aliphatic carbocycles. The number of carbonyl (C=O) groups excluding carboxylic acids is 1. The highest BCUT2D eigenvalue weighted by Gasteiger charge is 2.39. The molecule has 1 fully saturated rings. The maximum atomic E-state index is 11.8. The summed E-state index contributed by atoms with van der Waals surface area (Å²) in [4.78, 5) is 22.6. The van der Waals surface area contributed by atoms with Crippen LogP contribution in [0.4, 0.5) is 0 Å². The lowest BCUT2D eigenvalue weighted by Gasteiger charge is -2.40. The van der Waals surface area contributed by atoms with Crippen molar-refractivity contribution in [1.82, 2.24) is 10.5 Å². The Kier molecular flexibility index (Phi) is 3.36. The van der Waals surface area contributed by atoms with Gasteiger partial charge in [-0.1, -0.05) is 11.6 Å². The van der Waals surface area contributed by atoms with E-state index in [1.54, 1.807) is 6.92 Å². The average Bonchev–Trinajstić information content (AvgIpc) is 2.67. The molecular formula is C12H16N2O4. The van der Waals surface area contributed by atoms with Crippen molar-refractivity contribution in [3.63, 3.8) is 0 Å². The topological polar surface area (TPSA) is 92.4 Å². The number of nitrogens with zero attached hydrogens (tertiary/aromatic N) is 1. The molecule has 1 aromatic heterocycles. The van der Waals surface area contributed by atoms with Crippen LogP contribution in [0.5, 0.6) is 0 Å². The van der Waals surface area contributed by atoms with Crippen molar-refractivity contribution in [3.8, 4) is 0 Å². The molecule has 1 saturated carbocycles. The highest BCUT2D eigenvalue weighted by molar-refractivity contribution is 5.92. The van der Waals surface area contributed by atoms with Gasteiger partial charge in [0.25, 0.3) is 5.91 Å². The van der Waals surface area contributed by atoms with Crippen LogP contribution in [0.1, 0.15) is 41.8 Å². The Morgan fingerprint density at radius 2 is 2.28 bits per heavy atom. The first-order chi connectivity index (χ1) is 8.52. The van der Waals surface area contributed by atoms with Crippen LogP contribution in [-0.2, 0) is 4.79 Å². The van der Waals surface area contributed by atoms with Crippen molar-refractivity contribution >= 4 is 11.9 Å². The lowest BCUT2D eigenvalue weighted by molar-refractivity contribution is -0.141. The second-order valence-electron chi connectivity index (χ2n) is 4.94. The second-order valence-corrected chi connectivity index (χ2v) is 4.94. The lowest BCUT2D eigenvalue weighted by Crippen LogP contribution is -2.43. The summed E-state index contributed by atoms with van der Waals surface area (Å²) in [5, 5.41) is 15.1. The van der Waals surface area contributed by atoms with E-state index >= 15 is 0 Å². The van der Waals surface area contributed by atoms with Crippen molar-refractivity contribution in [2.45, 2.75) is 32.6 Å². The van der Waals surface area contributed by atoms with Gasteiger partial charge in [-0.25, -0.2) is 0 Å². The van der Waals surface area contributed by atoms with Gasteiger partial charge in [0.1, 0.15) is 0 Å². The number of rotatable bonds is 5. The molecule has 1 aliphatic rings. The normalized spacial score (nSPS) is 16.9. The Labute approximate surface area is 104 Å². The molecule has 2 N–H and O–H groups in total. The van der Waals surface area contributed by atoms with Crippen LogP contribution in [0.15, 0.2) is 10.7 Å². The first kappa shape index (κ1) is 12.6. The fourth-order valence-corrected chi connectivity index (χ4v) is 2.27. The Hall–Kier alpha value is -1.85. The van der Waals surface area contributed by atoms with Gasteiger partial charge in [-0.3, -0.25) is 9.59 Å². The van der Waals surface area contributed by atoms with Crippen molar-refractivity contribution in [2.75, 3.05) is 6.54 Å². The number of aliphatic carboxylic acids is 1. The Morgan fingerprint density at radius 1 is 1.56 bits per heavy atom. The third kappa shape index (κ3) is 2.52. The molecule has 0 atom stereocenters. The molecular weight excluding hydrogens is 236 g/mol. The smallest absolute Gasteiger partial charge is 0.303 e. The molecule has 0 saturated heterocycles. The summed E-state index contributed by atoms with van der Waals surface area (Å²) < 4.78 is 4.85. The second kappa shape index (κ2) is 4.80. The van der Waals surface area contributed by atoms with Crippen LogP contribution in [-0.4, -0.2) is 28.7 Å². The zero-order valence-corrected chi connectivity index (χ0v) is 10.2. The molecule has 1 amide bonds. The van der Waals surface area contributed by atoms with Crippen molar-refractivity contribution < 1.29 is 19.2 Å². The van der Waals surface area contributed by atoms with E-state index in [4.69, 9.17) is 9.63 Å². The summed E-state index contributed by atoms with van der Waals surface area (Å²) in [5.41, 5.74) is 0.392. The number of carbonyl (C=O) groups is 2. The van der Waals surface area contributed by atoms with Gasteiger partial charge in [-0.2, -0.15) is 0 Å². The van der Waals surface area contributed by atoms with Crippen LogP contribution >= 0.6 is 0 Å². The number of carboxylic acid groups (broad SMARTS) is 1. The van der Waals surface area contributed by atoms with E-state index in [9.17, 15) is 9.59 Å². The standard InChI is InChI=1S/C12H16N2O4/c1-8-6-14-18-10(8)11(17)13-7-12(3-2-4-12)5-9(15)16/h6H,2-5,7H2,1H3,(H,13,17)(H,15,16). The van der Waals surface area contributed by atoms with Crippen molar-refractivity contribution in [3.05, 3.63) is 17.5 Å². The maximum absolute atomic E-state index is 11.8. The predicted molar refractivity (Wildman–Crippen MR) is 62.1 cm³/mol. The van der Waals surface area contributed by atoms with Gasteiger partial charge >= 0.3 is 5.97 Å². The van der Waals surface area contributed by atoms with Crippen LogP contribution < -0.4 is 5.32 Å². The highest BCUT2D eigenvalue weighted by Crippen LogP contribution is 2.43. The number of hydrogen-bond donors (Lipinski definition) is 2. The van der Waals surface area contributed by atoms with E-state index in [0.717, 1.165) is 19.3 Å². The van der Waals surface area contributed by atoms with E-state index in [2.05, 4.69) is 10.5 Å². The zero-order valence-electron chi connectivity index (χ0n) is 10.2. The summed E-state index contributed by atoms with van der Waals surface area (Å²) in [6.45, 7) is 2.11. The molecule has 0 unspecified atom stereocenters.